The Labute approximate surface area is 111 Å². The summed E-state index contributed by atoms with van der Waals surface area (Å²) in [6, 6.07) is 1.60. The Hall–Kier alpha value is -1.04. The molecular formula is C12H17ClN2O3. The maximum Gasteiger partial charge on any atom is 0.268 e. The normalized spacial score (nSPS) is 18.6. The molecule has 1 aromatic heterocycles. The van der Waals surface area contributed by atoms with Gasteiger partial charge in [-0.2, -0.15) is 0 Å². The van der Waals surface area contributed by atoms with Gasteiger partial charge in [0.15, 0.2) is 0 Å². The monoisotopic (exact) mass is 272 g/mol. The molecule has 1 saturated heterocycles. The van der Waals surface area contributed by atoms with Gasteiger partial charge in [0.25, 0.3) is 5.91 Å². The van der Waals surface area contributed by atoms with Crippen molar-refractivity contribution in [2.45, 2.75) is 18.4 Å². The molecule has 0 unspecified atom stereocenters. The van der Waals surface area contributed by atoms with E-state index in [0.717, 1.165) is 0 Å². The molecule has 6 heteroatoms. The number of aromatic nitrogens is 1. The molecule has 0 spiro atoms. The zero-order valence-corrected chi connectivity index (χ0v) is 11.0. The zero-order valence-electron chi connectivity index (χ0n) is 10.3. The van der Waals surface area contributed by atoms with Crippen molar-refractivity contribution in [3.63, 3.8) is 0 Å². The van der Waals surface area contributed by atoms with Gasteiger partial charge in [-0.05, 0) is 6.07 Å². The number of rotatable bonds is 3. The molecule has 0 atom stereocenters. The highest BCUT2D eigenvalue weighted by Crippen LogP contribution is 2.19. The maximum absolute atomic E-state index is 11.9. The molecule has 2 rings (SSSR count). The van der Waals surface area contributed by atoms with E-state index in [0.29, 0.717) is 36.8 Å². The summed E-state index contributed by atoms with van der Waals surface area (Å²) in [5, 5.41) is 13.5. The number of aliphatic hydroxyl groups is 1. The van der Waals surface area contributed by atoms with Crippen molar-refractivity contribution >= 4 is 17.5 Å². The molecule has 5 nitrogen and oxygen atoms in total. The fourth-order valence-electron chi connectivity index (χ4n) is 2.01. The number of carbonyl (C=O) groups excluding carboxylic acids is 1. The second-order valence-electron chi connectivity index (χ2n) is 4.67. The van der Waals surface area contributed by atoms with Crippen LogP contribution in [0.1, 0.15) is 23.3 Å². The molecule has 100 valence electrons. The highest BCUT2D eigenvalue weighted by Gasteiger charge is 2.30. The number of aryl methyl sites for hydroxylation is 1. The third-order valence-electron chi connectivity index (χ3n) is 3.21. The summed E-state index contributed by atoms with van der Waals surface area (Å²) in [6.07, 6.45) is 2.75. The van der Waals surface area contributed by atoms with E-state index in [2.05, 4.69) is 5.32 Å². The van der Waals surface area contributed by atoms with Crippen molar-refractivity contribution in [1.82, 2.24) is 9.88 Å². The minimum atomic E-state index is -0.858. The van der Waals surface area contributed by atoms with Gasteiger partial charge in [0, 0.05) is 45.8 Å². The lowest BCUT2D eigenvalue weighted by molar-refractivity contribution is -0.0605. The van der Waals surface area contributed by atoms with Gasteiger partial charge in [0.1, 0.15) is 5.69 Å². The summed E-state index contributed by atoms with van der Waals surface area (Å²) < 4.78 is 6.84. The smallest absolute Gasteiger partial charge is 0.268 e. The van der Waals surface area contributed by atoms with Gasteiger partial charge in [0.2, 0.25) is 0 Å². The first-order valence-corrected chi connectivity index (χ1v) is 6.28. The Kier molecular flexibility index (Phi) is 3.94. The van der Waals surface area contributed by atoms with Crippen LogP contribution in [0.4, 0.5) is 0 Å². The van der Waals surface area contributed by atoms with Crippen LogP contribution in [0.15, 0.2) is 12.3 Å². The Bertz CT molecular complexity index is 439. The highest BCUT2D eigenvalue weighted by molar-refractivity contribution is 6.31. The molecule has 0 aromatic carbocycles. The molecule has 1 amide bonds. The van der Waals surface area contributed by atoms with Crippen molar-refractivity contribution in [2.24, 2.45) is 7.05 Å². The molecule has 2 N–H and O–H groups in total. The van der Waals surface area contributed by atoms with Crippen LogP contribution in [0.2, 0.25) is 5.02 Å². The van der Waals surface area contributed by atoms with E-state index >= 15 is 0 Å². The van der Waals surface area contributed by atoms with E-state index in [-0.39, 0.29) is 12.5 Å². The van der Waals surface area contributed by atoms with E-state index < -0.39 is 5.60 Å². The fraction of sp³-hybridized carbons (Fsp3) is 0.583. The number of nitrogens with zero attached hydrogens (tertiary/aromatic N) is 1. The fourth-order valence-corrected chi connectivity index (χ4v) is 2.26. The predicted molar refractivity (Wildman–Crippen MR) is 67.8 cm³/mol. The van der Waals surface area contributed by atoms with Gasteiger partial charge < -0.3 is 19.7 Å². The first-order valence-electron chi connectivity index (χ1n) is 5.90. The minimum absolute atomic E-state index is 0.232. The average molecular weight is 273 g/mol. The quantitative estimate of drug-likeness (QED) is 0.861. The number of halogens is 1. The number of nitrogens with one attached hydrogen (secondary N) is 1. The van der Waals surface area contributed by atoms with Crippen molar-refractivity contribution in [2.75, 3.05) is 19.8 Å². The number of ether oxygens (including phenoxy) is 1. The summed E-state index contributed by atoms with van der Waals surface area (Å²) in [5.41, 5.74) is -0.376. The first-order chi connectivity index (χ1) is 8.50. The average Bonchev–Trinajstić information content (AvgIpc) is 2.67. The Balaban J connectivity index is 1.94. The summed E-state index contributed by atoms with van der Waals surface area (Å²) >= 11 is 5.82. The van der Waals surface area contributed by atoms with E-state index in [1.807, 2.05) is 0 Å². The lowest BCUT2D eigenvalue weighted by Crippen LogP contribution is -2.46. The van der Waals surface area contributed by atoms with Crippen LogP contribution in [0.3, 0.4) is 0 Å². The molecule has 18 heavy (non-hydrogen) atoms. The second kappa shape index (κ2) is 5.30. The molecule has 0 aliphatic carbocycles. The second-order valence-corrected chi connectivity index (χ2v) is 5.11. The molecule has 2 heterocycles. The van der Waals surface area contributed by atoms with Crippen molar-refractivity contribution in [3.05, 3.63) is 23.0 Å². The lowest BCUT2D eigenvalue weighted by atomic mass is 9.94. The van der Waals surface area contributed by atoms with Gasteiger partial charge in [0.05, 0.1) is 10.6 Å². The van der Waals surface area contributed by atoms with Crippen molar-refractivity contribution in [3.8, 4) is 0 Å². The highest BCUT2D eigenvalue weighted by atomic mass is 35.5. The predicted octanol–water partition coefficient (Wildman–Crippen LogP) is 0.950. The van der Waals surface area contributed by atoms with E-state index in [4.69, 9.17) is 16.3 Å². The largest absolute Gasteiger partial charge is 0.388 e. The first kappa shape index (κ1) is 13.4. The summed E-state index contributed by atoms with van der Waals surface area (Å²) in [6.45, 7) is 1.29. The lowest BCUT2D eigenvalue weighted by Gasteiger charge is -2.32. The van der Waals surface area contributed by atoms with E-state index in [1.54, 1.807) is 23.9 Å². The topological polar surface area (TPSA) is 63.5 Å². The van der Waals surface area contributed by atoms with Gasteiger partial charge in [-0.25, -0.2) is 0 Å². The van der Waals surface area contributed by atoms with Crippen LogP contribution in [0.5, 0.6) is 0 Å². The number of hydrogen-bond acceptors (Lipinski definition) is 3. The molecule has 1 aliphatic rings. The summed E-state index contributed by atoms with van der Waals surface area (Å²) in [7, 11) is 1.75. The van der Waals surface area contributed by atoms with Gasteiger partial charge >= 0.3 is 0 Å². The number of amides is 1. The molecule has 1 aliphatic heterocycles. The molecule has 1 aromatic rings. The third-order valence-corrected chi connectivity index (χ3v) is 3.41. The maximum atomic E-state index is 11.9. The van der Waals surface area contributed by atoms with Crippen LogP contribution in [0.25, 0.3) is 0 Å². The van der Waals surface area contributed by atoms with Crippen LogP contribution in [0, 0.1) is 0 Å². The third kappa shape index (κ3) is 3.04. The Morgan fingerprint density at radius 1 is 1.61 bits per heavy atom. The van der Waals surface area contributed by atoms with Gasteiger partial charge in [-0.15, -0.1) is 0 Å². The number of carbonyl (C=O) groups is 1. The van der Waals surface area contributed by atoms with Crippen LogP contribution < -0.4 is 5.32 Å². The summed E-state index contributed by atoms with van der Waals surface area (Å²) in [5.74, 6) is -0.232. The molecule has 1 fully saturated rings. The SMILES string of the molecule is Cn1cc(Cl)cc1C(=O)NCC1(O)CCOCC1. The van der Waals surface area contributed by atoms with Gasteiger partial charge in [-0.3, -0.25) is 4.79 Å². The van der Waals surface area contributed by atoms with Crippen LogP contribution in [-0.2, 0) is 11.8 Å². The number of hydrogen-bond donors (Lipinski definition) is 2. The van der Waals surface area contributed by atoms with Crippen molar-refractivity contribution < 1.29 is 14.6 Å². The molecule has 0 saturated carbocycles. The van der Waals surface area contributed by atoms with Gasteiger partial charge in [-0.1, -0.05) is 11.6 Å². The van der Waals surface area contributed by atoms with Crippen molar-refractivity contribution in [1.29, 1.82) is 0 Å². The van der Waals surface area contributed by atoms with E-state index in [1.165, 1.54) is 0 Å². The van der Waals surface area contributed by atoms with E-state index in [9.17, 15) is 9.90 Å². The molecule has 0 radical (unpaired) electrons. The molecule has 0 bridgehead atoms. The Morgan fingerprint density at radius 3 is 2.83 bits per heavy atom. The molecular weight excluding hydrogens is 256 g/mol. The standard InChI is InChI=1S/C12H17ClN2O3/c1-15-7-9(13)6-10(15)11(16)14-8-12(17)2-4-18-5-3-12/h6-7,17H,2-5,8H2,1H3,(H,14,16). The van der Waals surface area contributed by atoms with Crippen LogP contribution >= 0.6 is 11.6 Å². The zero-order chi connectivity index (χ0) is 13.2. The summed E-state index contributed by atoms with van der Waals surface area (Å²) in [4.78, 5) is 11.9. The Morgan fingerprint density at radius 2 is 2.28 bits per heavy atom. The minimum Gasteiger partial charge on any atom is -0.388 e. The van der Waals surface area contributed by atoms with Crippen LogP contribution in [-0.4, -0.2) is 40.9 Å².